The van der Waals surface area contributed by atoms with E-state index in [9.17, 15) is 0 Å². The molecule has 1 rings (SSSR count). The van der Waals surface area contributed by atoms with Crippen LogP contribution in [0.25, 0.3) is 0 Å². The second-order valence-corrected chi connectivity index (χ2v) is 7.58. The molecule has 1 aliphatic rings. The summed E-state index contributed by atoms with van der Waals surface area (Å²) in [7, 11) is 0. The first-order chi connectivity index (χ1) is 7.87. The van der Waals surface area contributed by atoms with Gasteiger partial charge in [0.05, 0.1) is 0 Å². The predicted molar refractivity (Wildman–Crippen MR) is 79.9 cm³/mol. The van der Waals surface area contributed by atoms with Gasteiger partial charge in [-0.15, -0.1) is 0 Å². The number of hydrogen-bond donors (Lipinski definition) is 1. The van der Waals surface area contributed by atoms with Crippen molar-refractivity contribution >= 4 is 11.8 Å². The first-order valence-electron chi connectivity index (χ1n) is 6.96. The minimum absolute atomic E-state index is 0.260. The first kappa shape index (κ1) is 15.3. The molecule has 102 valence electrons. The van der Waals surface area contributed by atoms with Gasteiger partial charge >= 0.3 is 0 Å². The van der Waals surface area contributed by atoms with E-state index in [1.165, 1.54) is 18.1 Å². The highest BCUT2D eigenvalue weighted by molar-refractivity contribution is 7.99. The van der Waals surface area contributed by atoms with Crippen LogP contribution in [0, 0.1) is 5.92 Å². The molecule has 2 unspecified atom stereocenters. The fourth-order valence-electron chi connectivity index (χ4n) is 2.61. The van der Waals surface area contributed by atoms with E-state index < -0.39 is 0 Å². The third kappa shape index (κ3) is 4.46. The Bertz CT molecular complexity index is 228. The molecule has 2 nitrogen and oxygen atoms in total. The number of rotatable bonds is 5. The molecule has 0 aromatic carbocycles. The largest absolute Gasteiger partial charge is 0.309 e. The molecule has 0 aromatic rings. The lowest BCUT2D eigenvalue weighted by Gasteiger charge is -2.49. The van der Waals surface area contributed by atoms with E-state index in [0.717, 1.165) is 12.5 Å². The summed E-state index contributed by atoms with van der Waals surface area (Å²) in [5.41, 5.74) is 0.260. The monoisotopic (exact) mass is 258 g/mol. The van der Waals surface area contributed by atoms with Crippen LogP contribution in [0.15, 0.2) is 0 Å². The van der Waals surface area contributed by atoms with E-state index >= 15 is 0 Å². The van der Waals surface area contributed by atoms with Crippen LogP contribution in [0.5, 0.6) is 0 Å². The van der Waals surface area contributed by atoms with Gasteiger partial charge in [0.15, 0.2) is 0 Å². The van der Waals surface area contributed by atoms with Crippen LogP contribution in [-0.2, 0) is 0 Å². The SMILES string of the molecule is CCSCC(C)N1CC(C)(C)NCC1C(C)C. The lowest BCUT2D eigenvalue weighted by Crippen LogP contribution is -2.65. The van der Waals surface area contributed by atoms with Crippen molar-refractivity contribution in [3.63, 3.8) is 0 Å². The van der Waals surface area contributed by atoms with Gasteiger partial charge in [-0.3, -0.25) is 4.90 Å². The molecule has 1 aliphatic heterocycles. The summed E-state index contributed by atoms with van der Waals surface area (Å²) in [6, 6.07) is 1.38. The fraction of sp³-hybridized carbons (Fsp3) is 1.00. The molecular weight excluding hydrogens is 228 g/mol. The Labute approximate surface area is 112 Å². The van der Waals surface area contributed by atoms with Crippen molar-refractivity contribution < 1.29 is 0 Å². The van der Waals surface area contributed by atoms with Gasteiger partial charge in [-0.05, 0) is 32.4 Å². The molecule has 0 bridgehead atoms. The smallest absolute Gasteiger partial charge is 0.0253 e. The van der Waals surface area contributed by atoms with Gasteiger partial charge in [-0.2, -0.15) is 11.8 Å². The van der Waals surface area contributed by atoms with Gasteiger partial charge in [0, 0.05) is 36.5 Å². The maximum atomic E-state index is 3.68. The second-order valence-electron chi connectivity index (χ2n) is 6.26. The summed E-state index contributed by atoms with van der Waals surface area (Å²) in [5, 5.41) is 3.68. The van der Waals surface area contributed by atoms with Crippen molar-refractivity contribution in [3.8, 4) is 0 Å². The highest BCUT2D eigenvalue weighted by atomic mass is 32.2. The molecule has 0 saturated carbocycles. The lowest BCUT2D eigenvalue weighted by molar-refractivity contribution is 0.0452. The number of nitrogens with zero attached hydrogens (tertiary/aromatic N) is 1. The van der Waals surface area contributed by atoms with Crippen molar-refractivity contribution in [2.24, 2.45) is 5.92 Å². The van der Waals surface area contributed by atoms with E-state index in [-0.39, 0.29) is 5.54 Å². The summed E-state index contributed by atoms with van der Waals surface area (Å²) >= 11 is 2.06. The van der Waals surface area contributed by atoms with Crippen LogP contribution in [0.4, 0.5) is 0 Å². The zero-order valence-corrected chi connectivity index (χ0v) is 13.2. The van der Waals surface area contributed by atoms with E-state index in [2.05, 4.69) is 63.5 Å². The Hall–Kier alpha value is 0.270. The zero-order chi connectivity index (χ0) is 13.1. The van der Waals surface area contributed by atoms with Gasteiger partial charge < -0.3 is 5.32 Å². The molecule has 0 spiro atoms. The molecule has 1 fully saturated rings. The third-order valence-corrected chi connectivity index (χ3v) is 4.82. The Balaban J connectivity index is 2.66. The van der Waals surface area contributed by atoms with E-state index in [0.29, 0.717) is 12.1 Å². The lowest BCUT2D eigenvalue weighted by atomic mass is 9.92. The van der Waals surface area contributed by atoms with Crippen LogP contribution in [0.1, 0.15) is 41.5 Å². The van der Waals surface area contributed by atoms with Crippen molar-refractivity contribution in [2.75, 3.05) is 24.6 Å². The van der Waals surface area contributed by atoms with Crippen LogP contribution in [0.2, 0.25) is 0 Å². The number of nitrogens with one attached hydrogen (secondary N) is 1. The van der Waals surface area contributed by atoms with Crippen LogP contribution >= 0.6 is 11.8 Å². The number of thioether (sulfide) groups is 1. The van der Waals surface area contributed by atoms with Crippen LogP contribution < -0.4 is 5.32 Å². The second kappa shape index (κ2) is 6.44. The molecule has 1 N–H and O–H groups in total. The zero-order valence-electron chi connectivity index (χ0n) is 12.4. The summed E-state index contributed by atoms with van der Waals surface area (Å²) < 4.78 is 0. The molecule has 17 heavy (non-hydrogen) atoms. The maximum Gasteiger partial charge on any atom is 0.0253 e. The van der Waals surface area contributed by atoms with Gasteiger partial charge in [0.1, 0.15) is 0 Å². The predicted octanol–water partition coefficient (Wildman–Crippen LogP) is 2.84. The molecule has 0 radical (unpaired) electrons. The average molecular weight is 258 g/mol. The van der Waals surface area contributed by atoms with Crippen molar-refractivity contribution in [3.05, 3.63) is 0 Å². The number of hydrogen-bond acceptors (Lipinski definition) is 3. The topological polar surface area (TPSA) is 15.3 Å². The minimum Gasteiger partial charge on any atom is -0.309 e. The summed E-state index contributed by atoms with van der Waals surface area (Å²) in [5.74, 6) is 3.22. The third-order valence-electron chi connectivity index (χ3n) is 3.69. The standard InChI is InChI=1S/C14H30N2S/c1-7-17-9-12(4)16-10-14(5,6)15-8-13(16)11(2)3/h11-13,15H,7-10H2,1-6H3. The highest BCUT2D eigenvalue weighted by Crippen LogP contribution is 2.23. The summed E-state index contributed by atoms with van der Waals surface area (Å²) in [4.78, 5) is 2.73. The molecule has 1 saturated heterocycles. The van der Waals surface area contributed by atoms with Crippen molar-refractivity contribution in [1.82, 2.24) is 10.2 Å². The molecule has 1 heterocycles. The quantitative estimate of drug-likeness (QED) is 0.816. The molecule has 0 aromatic heterocycles. The molecular formula is C14H30N2S. The normalized spacial score (nSPS) is 27.4. The first-order valence-corrected chi connectivity index (χ1v) is 8.11. The van der Waals surface area contributed by atoms with Gasteiger partial charge in [0.2, 0.25) is 0 Å². The maximum absolute atomic E-state index is 3.68. The molecule has 0 amide bonds. The van der Waals surface area contributed by atoms with Gasteiger partial charge in [-0.25, -0.2) is 0 Å². The Kier molecular flexibility index (Phi) is 5.81. The van der Waals surface area contributed by atoms with E-state index in [1.54, 1.807) is 0 Å². The van der Waals surface area contributed by atoms with Crippen molar-refractivity contribution in [2.45, 2.75) is 59.2 Å². The summed E-state index contributed by atoms with van der Waals surface area (Å²) in [6.45, 7) is 16.3. The van der Waals surface area contributed by atoms with Gasteiger partial charge in [0.25, 0.3) is 0 Å². The van der Waals surface area contributed by atoms with Gasteiger partial charge in [-0.1, -0.05) is 20.8 Å². The van der Waals surface area contributed by atoms with Crippen LogP contribution in [0.3, 0.4) is 0 Å². The molecule has 2 atom stereocenters. The summed E-state index contributed by atoms with van der Waals surface area (Å²) in [6.07, 6.45) is 0. The highest BCUT2D eigenvalue weighted by Gasteiger charge is 2.35. The van der Waals surface area contributed by atoms with Crippen LogP contribution in [-0.4, -0.2) is 47.1 Å². The van der Waals surface area contributed by atoms with Crippen molar-refractivity contribution in [1.29, 1.82) is 0 Å². The Morgan fingerprint density at radius 3 is 2.53 bits per heavy atom. The fourth-order valence-corrected chi connectivity index (χ4v) is 3.38. The Morgan fingerprint density at radius 2 is 2.00 bits per heavy atom. The minimum atomic E-state index is 0.260. The van der Waals surface area contributed by atoms with E-state index in [4.69, 9.17) is 0 Å². The molecule has 0 aliphatic carbocycles. The molecule has 3 heteroatoms. The number of piperazine rings is 1. The van der Waals surface area contributed by atoms with E-state index in [1.807, 2.05) is 0 Å². The average Bonchev–Trinajstić information content (AvgIpc) is 2.24. The Morgan fingerprint density at radius 1 is 1.35 bits per heavy atom.